The van der Waals surface area contributed by atoms with Crippen molar-refractivity contribution in [1.82, 2.24) is 0 Å². The van der Waals surface area contributed by atoms with E-state index < -0.39 is 0 Å². The van der Waals surface area contributed by atoms with Crippen LogP contribution < -0.4 is 9.64 Å². The number of carbonyl (C=O) groups is 1. The number of carbonyl (C=O) groups excluding carboxylic acids is 1. The Morgan fingerprint density at radius 2 is 1.65 bits per heavy atom. The molecule has 1 heterocycles. The van der Waals surface area contributed by atoms with Gasteiger partial charge in [0.1, 0.15) is 0 Å². The Morgan fingerprint density at radius 1 is 0.968 bits per heavy atom. The Hall–Kier alpha value is -2.14. The highest BCUT2D eigenvalue weighted by atomic mass is 32.2. The van der Waals surface area contributed by atoms with Crippen molar-refractivity contribution in [1.29, 1.82) is 0 Å². The SMILES string of the molecule is O=C(COc1ccccc1O)N(CC1SCCC12CCCCCCC2)c1ccccc1. The maximum atomic E-state index is 13.3. The van der Waals surface area contributed by atoms with Gasteiger partial charge in [0.25, 0.3) is 5.91 Å². The molecule has 1 spiro atoms. The number of para-hydroxylation sites is 3. The summed E-state index contributed by atoms with van der Waals surface area (Å²) < 4.78 is 5.69. The maximum absolute atomic E-state index is 13.3. The van der Waals surface area contributed by atoms with Crippen LogP contribution in [0.5, 0.6) is 11.5 Å². The van der Waals surface area contributed by atoms with Gasteiger partial charge in [0.2, 0.25) is 0 Å². The lowest BCUT2D eigenvalue weighted by Crippen LogP contribution is -2.44. The number of anilines is 1. The molecule has 2 aromatic carbocycles. The fraction of sp³-hybridized carbons (Fsp3) is 0.500. The number of hydrogen-bond donors (Lipinski definition) is 1. The molecular formula is C26H33NO3S. The normalized spacial score (nSPS) is 20.7. The fourth-order valence-electron chi connectivity index (χ4n) is 5.09. The van der Waals surface area contributed by atoms with Gasteiger partial charge in [-0.3, -0.25) is 4.79 Å². The zero-order valence-electron chi connectivity index (χ0n) is 18.2. The van der Waals surface area contributed by atoms with Gasteiger partial charge in [-0.05, 0) is 54.7 Å². The molecule has 166 valence electrons. The van der Waals surface area contributed by atoms with Crippen LogP contribution in [0.15, 0.2) is 54.6 Å². The number of aromatic hydroxyl groups is 1. The number of ether oxygens (including phenoxy) is 1. The minimum atomic E-state index is -0.0865. The third kappa shape index (κ3) is 5.38. The molecular weight excluding hydrogens is 406 g/mol. The van der Waals surface area contributed by atoms with Gasteiger partial charge >= 0.3 is 0 Å². The van der Waals surface area contributed by atoms with E-state index in [-0.39, 0.29) is 18.3 Å². The molecule has 2 fully saturated rings. The van der Waals surface area contributed by atoms with Crippen LogP contribution in [0, 0.1) is 5.41 Å². The number of amides is 1. The molecule has 1 aliphatic carbocycles. The Kier molecular flexibility index (Phi) is 7.44. The van der Waals surface area contributed by atoms with E-state index in [9.17, 15) is 9.90 Å². The van der Waals surface area contributed by atoms with Gasteiger partial charge in [-0.25, -0.2) is 0 Å². The summed E-state index contributed by atoms with van der Waals surface area (Å²) >= 11 is 2.05. The fourth-order valence-corrected chi connectivity index (χ4v) is 6.86. The molecule has 2 aliphatic rings. The van der Waals surface area contributed by atoms with E-state index in [4.69, 9.17) is 4.74 Å². The third-order valence-electron chi connectivity index (χ3n) is 6.89. The van der Waals surface area contributed by atoms with Crippen LogP contribution >= 0.6 is 11.8 Å². The summed E-state index contributed by atoms with van der Waals surface area (Å²) in [7, 11) is 0. The molecule has 0 radical (unpaired) electrons. The van der Waals surface area contributed by atoms with Crippen molar-refractivity contribution in [3.63, 3.8) is 0 Å². The summed E-state index contributed by atoms with van der Waals surface area (Å²) in [5.41, 5.74) is 1.28. The second kappa shape index (κ2) is 10.4. The Labute approximate surface area is 190 Å². The highest BCUT2D eigenvalue weighted by Gasteiger charge is 2.44. The van der Waals surface area contributed by atoms with E-state index in [1.165, 1.54) is 57.1 Å². The quantitative estimate of drug-likeness (QED) is 0.596. The Bertz CT molecular complexity index is 849. The topological polar surface area (TPSA) is 49.8 Å². The van der Waals surface area contributed by atoms with Crippen LogP contribution in [-0.4, -0.2) is 35.2 Å². The summed E-state index contributed by atoms with van der Waals surface area (Å²) in [4.78, 5) is 15.2. The predicted octanol–water partition coefficient (Wildman–Crippen LogP) is 6.04. The molecule has 1 amide bonds. The molecule has 1 aliphatic heterocycles. The molecule has 1 saturated carbocycles. The third-order valence-corrected chi connectivity index (χ3v) is 8.38. The van der Waals surface area contributed by atoms with Crippen molar-refractivity contribution in [2.75, 3.05) is 23.8 Å². The van der Waals surface area contributed by atoms with E-state index in [0.29, 0.717) is 16.4 Å². The average Bonchev–Trinajstić information content (AvgIpc) is 3.17. The van der Waals surface area contributed by atoms with Crippen molar-refractivity contribution >= 4 is 23.4 Å². The monoisotopic (exact) mass is 439 g/mol. The van der Waals surface area contributed by atoms with Crippen LogP contribution in [0.25, 0.3) is 0 Å². The van der Waals surface area contributed by atoms with E-state index in [0.717, 1.165) is 12.2 Å². The van der Waals surface area contributed by atoms with Crippen molar-refractivity contribution in [2.45, 2.75) is 56.6 Å². The molecule has 0 bridgehead atoms. The maximum Gasteiger partial charge on any atom is 0.264 e. The molecule has 5 heteroatoms. The van der Waals surface area contributed by atoms with Gasteiger partial charge in [-0.2, -0.15) is 11.8 Å². The molecule has 1 atom stereocenters. The van der Waals surface area contributed by atoms with Crippen LogP contribution in [0.1, 0.15) is 51.4 Å². The van der Waals surface area contributed by atoms with E-state index in [1.54, 1.807) is 24.3 Å². The van der Waals surface area contributed by atoms with Crippen LogP contribution in [0.2, 0.25) is 0 Å². The lowest BCUT2D eigenvalue weighted by molar-refractivity contribution is -0.120. The number of phenols is 1. The zero-order chi connectivity index (χ0) is 21.5. The van der Waals surface area contributed by atoms with E-state index >= 15 is 0 Å². The summed E-state index contributed by atoms with van der Waals surface area (Å²) in [6.45, 7) is 0.633. The standard InChI is InChI=1S/C26H33NO3S/c28-22-13-7-8-14-23(22)30-20-25(29)27(21-11-5-4-6-12-21)19-24-26(17-18-31-24)15-9-2-1-3-10-16-26/h4-8,11-14,24,28H,1-3,9-10,15-20H2. The van der Waals surface area contributed by atoms with Gasteiger partial charge in [0.15, 0.2) is 18.1 Å². The first kappa shape index (κ1) is 22.1. The molecule has 2 aromatic rings. The molecule has 4 nitrogen and oxygen atoms in total. The van der Waals surface area contributed by atoms with Gasteiger partial charge in [0, 0.05) is 17.5 Å². The van der Waals surface area contributed by atoms with Gasteiger partial charge in [0.05, 0.1) is 0 Å². The number of rotatable bonds is 6. The van der Waals surface area contributed by atoms with E-state index in [2.05, 4.69) is 0 Å². The minimum absolute atomic E-state index is 0.0568. The second-order valence-electron chi connectivity index (χ2n) is 8.84. The first-order chi connectivity index (χ1) is 15.2. The predicted molar refractivity (Wildman–Crippen MR) is 128 cm³/mol. The lowest BCUT2D eigenvalue weighted by Gasteiger charge is -2.39. The number of benzene rings is 2. The van der Waals surface area contributed by atoms with Crippen molar-refractivity contribution < 1.29 is 14.6 Å². The Morgan fingerprint density at radius 3 is 2.39 bits per heavy atom. The van der Waals surface area contributed by atoms with Gasteiger partial charge < -0.3 is 14.7 Å². The van der Waals surface area contributed by atoms with Crippen LogP contribution in [0.4, 0.5) is 5.69 Å². The lowest BCUT2D eigenvalue weighted by atomic mass is 9.72. The average molecular weight is 440 g/mol. The number of nitrogens with zero attached hydrogens (tertiary/aromatic N) is 1. The van der Waals surface area contributed by atoms with Crippen molar-refractivity contribution in [2.24, 2.45) is 5.41 Å². The van der Waals surface area contributed by atoms with Gasteiger partial charge in [-0.1, -0.05) is 62.4 Å². The number of thioether (sulfide) groups is 1. The van der Waals surface area contributed by atoms with Crippen molar-refractivity contribution in [3.8, 4) is 11.5 Å². The molecule has 1 saturated heterocycles. The van der Waals surface area contributed by atoms with Crippen LogP contribution in [-0.2, 0) is 4.79 Å². The number of hydrogen-bond acceptors (Lipinski definition) is 4. The first-order valence-corrected chi connectivity index (χ1v) is 12.6. The number of phenolic OH excluding ortho intramolecular Hbond substituents is 1. The van der Waals surface area contributed by atoms with E-state index in [1.807, 2.05) is 47.0 Å². The Balaban J connectivity index is 1.51. The molecule has 1 N–H and O–H groups in total. The highest BCUT2D eigenvalue weighted by molar-refractivity contribution is 8.00. The van der Waals surface area contributed by atoms with Crippen LogP contribution in [0.3, 0.4) is 0 Å². The minimum Gasteiger partial charge on any atom is -0.504 e. The largest absolute Gasteiger partial charge is 0.504 e. The smallest absolute Gasteiger partial charge is 0.264 e. The second-order valence-corrected chi connectivity index (χ2v) is 10.1. The highest BCUT2D eigenvalue weighted by Crippen LogP contribution is 2.51. The molecule has 0 aromatic heterocycles. The summed E-state index contributed by atoms with van der Waals surface area (Å²) in [5, 5.41) is 10.4. The molecule has 31 heavy (non-hydrogen) atoms. The first-order valence-electron chi connectivity index (χ1n) is 11.6. The summed E-state index contributed by atoms with van der Waals surface area (Å²) in [5.74, 6) is 1.52. The molecule has 1 unspecified atom stereocenters. The van der Waals surface area contributed by atoms with Crippen molar-refractivity contribution in [3.05, 3.63) is 54.6 Å². The van der Waals surface area contributed by atoms with Gasteiger partial charge in [-0.15, -0.1) is 0 Å². The summed E-state index contributed by atoms with van der Waals surface area (Å²) in [6.07, 6.45) is 10.5. The summed E-state index contributed by atoms with van der Waals surface area (Å²) in [6, 6.07) is 16.7. The molecule has 4 rings (SSSR count). The zero-order valence-corrected chi connectivity index (χ0v) is 19.0.